The number of hydroxylamine groups is 1. The summed E-state index contributed by atoms with van der Waals surface area (Å²) in [5.41, 5.74) is 0. The first-order valence-corrected chi connectivity index (χ1v) is 4.68. The first kappa shape index (κ1) is 11.2. The zero-order valence-corrected chi connectivity index (χ0v) is 9.06. The fraction of sp³-hybridized carbons (Fsp3) is 0.700. The van der Waals surface area contributed by atoms with E-state index in [9.17, 15) is 5.21 Å². The summed E-state index contributed by atoms with van der Waals surface area (Å²) >= 11 is 0. The van der Waals surface area contributed by atoms with E-state index in [0.29, 0.717) is 0 Å². The molecule has 0 amide bonds. The Labute approximate surface area is 84.4 Å². The Balaban J connectivity index is 2.77. The third kappa shape index (κ3) is 2.82. The van der Waals surface area contributed by atoms with Gasteiger partial charge in [0.15, 0.2) is 18.1 Å². The highest BCUT2D eigenvalue weighted by molar-refractivity contribution is 5.60. The van der Waals surface area contributed by atoms with Gasteiger partial charge in [-0.15, -0.1) is 0 Å². The van der Waals surface area contributed by atoms with E-state index in [1.807, 2.05) is 32.9 Å². The molecule has 0 saturated carbocycles. The van der Waals surface area contributed by atoms with Crippen molar-refractivity contribution in [3.05, 3.63) is 17.4 Å². The Morgan fingerprint density at radius 1 is 1.29 bits per heavy atom. The minimum atomic E-state index is -0.624. The molecule has 1 fully saturated rings. The van der Waals surface area contributed by atoms with Crippen molar-refractivity contribution >= 4 is 6.21 Å². The van der Waals surface area contributed by atoms with Gasteiger partial charge in [-0.2, -0.15) is 0 Å². The minimum Gasteiger partial charge on any atom is -0.624 e. The lowest BCUT2D eigenvalue weighted by Gasteiger charge is -2.15. The molecule has 0 aromatic rings. The van der Waals surface area contributed by atoms with Crippen molar-refractivity contribution in [2.24, 2.45) is 0 Å². The summed E-state index contributed by atoms with van der Waals surface area (Å²) in [7, 11) is 1.43. The van der Waals surface area contributed by atoms with Crippen molar-refractivity contribution in [3.63, 3.8) is 0 Å². The van der Waals surface area contributed by atoms with Gasteiger partial charge in [0, 0.05) is 0 Å². The van der Waals surface area contributed by atoms with Gasteiger partial charge in [0.1, 0.15) is 13.2 Å². The Hall–Kier alpha value is -0.870. The zero-order valence-electron chi connectivity index (χ0n) is 9.06. The van der Waals surface area contributed by atoms with Gasteiger partial charge in [-0.05, 0) is 20.8 Å². The third-order valence-electron chi connectivity index (χ3n) is 1.90. The predicted octanol–water partition coefficient (Wildman–Crippen LogP) is 1.29. The van der Waals surface area contributed by atoms with Crippen molar-refractivity contribution in [2.75, 3.05) is 7.05 Å². The van der Waals surface area contributed by atoms with Crippen LogP contribution in [0.5, 0.6) is 0 Å². The van der Waals surface area contributed by atoms with E-state index in [1.54, 1.807) is 0 Å². The van der Waals surface area contributed by atoms with Crippen molar-refractivity contribution in [1.29, 1.82) is 0 Å². The maximum Gasteiger partial charge on any atom is 0.182 e. The molecule has 1 aliphatic heterocycles. The van der Waals surface area contributed by atoms with Gasteiger partial charge in [-0.1, -0.05) is 12.2 Å². The quantitative estimate of drug-likeness (QED) is 0.221. The summed E-state index contributed by atoms with van der Waals surface area (Å²) in [5.74, 6) is -0.624. The second kappa shape index (κ2) is 4.11. The van der Waals surface area contributed by atoms with Gasteiger partial charge in [0.2, 0.25) is 0 Å². The van der Waals surface area contributed by atoms with Gasteiger partial charge < -0.3 is 14.7 Å². The average molecular weight is 199 g/mol. The Morgan fingerprint density at radius 2 is 1.86 bits per heavy atom. The van der Waals surface area contributed by atoms with Crippen LogP contribution in [0, 0.1) is 5.21 Å². The molecule has 80 valence electrons. The number of ether oxygens (including phenoxy) is 2. The molecule has 1 rings (SSSR count). The molecule has 0 spiro atoms. The summed E-state index contributed by atoms with van der Waals surface area (Å²) in [6.07, 6.45) is 4.77. The number of allylic oxidation sites excluding steroid dienone is 1. The van der Waals surface area contributed by atoms with Gasteiger partial charge in [-0.3, -0.25) is 0 Å². The molecule has 0 aromatic heterocycles. The zero-order chi connectivity index (χ0) is 10.8. The van der Waals surface area contributed by atoms with Crippen molar-refractivity contribution in [1.82, 2.24) is 0 Å². The number of hydrogen-bond acceptors (Lipinski definition) is 3. The molecule has 0 aliphatic carbocycles. The maximum absolute atomic E-state index is 10.9. The highest BCUT2D eigenvalue weighted by Crippen LogP contribution is 2.27. The van der Waals surface area contributed by atoms with Crippen LogP contribution in [-0.2, 0) is 9.47 Å². The molecular formula is C10H17NO3. The SMILES string of the molecule is C/C=C\[C@@H]1OC(C)(C)O[C@@H]1/C=[N+](/C)[O-]. The van der Waals surface area contributed by atoms with Crippen LogP contribution in [0.25, 0.3) is 0 Å². The van der Waals surface area contributed by atoms with Crippen molar-refractivity contribution in [2.45, 2.75) is 38.8 Å². The molecule has 1 saturated heterocycles. The van der Waals surface area contributed by atoms with E-state index in [-0.39, 0.29) is 12.2 Å². The average Bonchev–Trinajstić information content (AvgIpc) is 2.25. The molecule has 0 radical (unpaired) electrons. The fourth-order valence-electron chi connectivity index (χ4n) is 1.48. The fourth-order valence-corrected chi connectivity index (χ4v) is 1.48. The van der Waals surface area contributed by atoms with Gasteiger partial charge in [0.05, 0.1) is 0 Å². The third-order valence-corrected chi connectivity index (χ3v) is 1.90. The van der Waals surface area contributed by atoms with Crippen LogP contribution in [0.4, 0.5) is 0 Å². The van der Waals surface area contributed by atoms with E-state index in [1.165, 1.54) is 13.3 Å². The van der Waals surface area contributed by atoms with Crippen LogP contribution in [0.15, 0.2) is 12.2 Å². The molecule has 2 atom stereocenters. The summed E-state index contributed by atoms with van der Waals surface area (Å²) in [6, 6.07) is 0. The highest BCUT2D eigenvalue weighted by atomic mass is 16.7. The molecule has 0 N–H and O–H groups in total. The normalized spacial score (nSPS) is 32.7. The lowest BCUT2D eigenvalue weighted by atomic mass is 10.2. The first-order valence-electron chi connectivity index (χ1n) is 4.68. The second-order valence-electron chi connectivity index (χ2n) is 3.79. The summed E-state index contributed by atoms with van der Waals surface area (Å²) in [5, 5.41) is 10.9. The summed E-state index contributed by atoms with van der Waals surface area (Å²) in [6.45, 7) is 5.58. The number of hydrogen-bond donors (Lipinski definition) is 0. The van der Waals surface area contributed by atoms with E-state index in [0.717, 1.165) is 4.74 Å². The van der Waals surface area contributed by atoms with E-state index in [4.69, 9.17) is 9.47 Å². The number of rotatable bonds is 2. The number of nitrogens with zero attached hydrogens (tertiary/aromatic N) is 1. The molecule has 0 unspecified atom stereocenters. The highest BCUT2D eigenvalue weighted by Gasteiger charge is 2.40. The summed E-state index contributed by atoms with van der Waals surface area (Å²) < 4.78 is 11.9. The largest absolute Gasteiger partial charge is 0.624 e. The molecule has 4 nitrogen and oxygen atoms in total. The molecule has 0 aromatic carbocycles. The van der Waals surface area contributed by atoms with Crippen LogP contribution >= 0.6 is 0 Å². The van der Waals surface area contributed by atoms with Crippen LogP contribution in [0.1, 0.15) is 20.8 Å². The standard InChI is InChI=1S/C10H17NO3/c1-5-6-8-9(7-11(4)12)14-10(2,3)13-8/h5-9H,1-4H3/b6-5-,11-7-/t8-,9+/m0/s1. The molecule has 1 heterocycles. The molecule has 4 heteroatoms. The van der Waals surface area contributed by atoms with E-state index in [2.05, 4.69) is 0 Å². The lowest BCUT2D eigenvalue weighted by Crippen LogP contribution is -2.25. The minimum absolute atomic E-state index is 0.175. The van der Waals surface area contributed by atoms with Crippen molar-refractivity contribution < 1.29 is 14.2 Å². The van der Waals surface area contributed by atoms with E-state index < -0.39 is 5.79 Å². The van der Waals surface area contributed by atoms with Crippen LogP contribution in [-0.4, -0.2) is 36.0 Å². The topological polar surface area (TPSA) is 44.5 Å². The maximum atomic E-state index is 10.9. The first-order chi connectivity index (χ1) is 6.44. The summed E-state index contributed by atoms with van der Waals surface area (Å²) in [4.78, 5) is 0. The lowest BCUT2D eigenvalue weighted by molar-refractivity contribution is -0.420. The molecule has 1 aliphatic rings. The Morgan fingerprint density at radius 3 is 2.36 bits per heavy atom. The van der Waals surface area contributed by atoms with Gasteiger partial charge >= 0.3 is 0 Å². The Kier molecular flexibility index (Phi) is 3.29. The van der Waals surface area contributed by atoms with Crippen molar-refractivity contribution in [3.8, 4) is 0 Å². The van der Waals surface area contributed by atoms with Gasteiger partial charge in [-0.25, -0.2) is 4.74 Å². The molecule has 14 heavy (non-hydrogen) atoms. The molecule has 0 bridgehead atoms. The van der Waals surface area contributed by atoms with Crippen LogP contribution in [0.2, 0.25) is 0 Å². The second-order valence-corrected chi connectivity index (χ2v) is 3.79. The molecular weight excluding hydrogens is 182 g/mol. The van der Waals surface area contributed by atoms with Crippen LogP contribution < -0.4 is 0 Å². The monoisotopic (exact) mass is 199 g/mol. The predicted molar refractivity (Wildman–Crippen MR) is 54.3 cm³/mol. The van der Waals surface area contributed by atoms with E-state index >= 15 is 0 Å². The smallest absolute Gasteiger partial charge is 0.182 e. The van der Waals surface area contributed by atoms with Crippen LogP contribution in [0.3, 0.4) is 0 Å². The Bertz CT molecular complexity index is 254. The van der Waals surface area contributed by atoms with Gasteiger partial charge in [0.25, 0.3) is 0 Å².